The van der Waals surface area contributed by atoms with Gasteiger partial charge in [0.1, 0.15) is 5.82 Å². The first kappa shape index (κ1) is 11.5. The number of esters is 1. The van der Waals surface area contributed by atoms with Gasteiger partial charge in [0, 0.05) is 10.0 Å². The molecule has 2 nitrogen and oxygen atoms in total. The average molecular weight is 282 g/mol. The molecule has 0 aliphatic heterocycles. The molecule has 0 N–H and O–H groups in total. The van der Waals surface area contributed by atoms with Crippen LogP contribution in [0.15, 0.2) is 10.5 Å². The van der Waals surface area contributed by atoms with Crippen molar-refractivity contribution in [2.75, 3.05) is 7.11 Å². The van der Waals surface area contributed by atoms with Crippen molar-refractivity contribution in [1.29, 1.82) is 0 Å². The zero-order chi connectivity index (χ0) is 10.9. The summed E-state index contributed by atoms with van der Waals surface area (Å²) in [6, 6.07) is 1.06. The second-order valence-electron chi connectivity index (χ2n) is 2.65. The fraction of sp³-hybridized carbons (Fsp3) is 0.222. The van der Waals surface area contributed by atoms with Crippen molar-refractivity contribution < 1.29 is 13.9 Å². The molecule has 14 heavy (non-hydrogen) atoms. The number of methoxy groups -OCH3 is 1. The summed E-state index contributed by atoms with van der Waals surface area (Å²) in [4.78, 5) is 11.2. The highest BCUT2D eigenvalue weighted by molar-refractivity contribution is 9.10. The Bertz CT molecular complexity index is 393. The molecule has 0 aliphatic carbocycles. The minimum Gasteiger partial charge on any atom is -0.465 e. The van der Waals surface area contributed by atoms with E-state index >= 15 is 0 Å². The minimum absolute atomic E-state index is 0.0177. The quantitative estimate of drug-likeness (QED) is 0.583. The molecule has 0 amide bonds. The van der Waals surface area contributed by atoms with E-state index in [2.05, 4.69) is 20.7 Å². The normalized spacial score (nSPS) is 10.1. The van der Waals surface area contributed by atoms with Crippen LogP contribution in [0.25, 0.3) is 0 Å². The number of ether oxygens (including phenoxy) is 1. The molecule has 0 aromatic heterocycles. The van der Waals surface area contributed by atoms with Crippen LogP contribution in [0.4, 0.5) is 4.39 Å². The third-order valence-corrected chi connectivity index (χ3v) is 3.41. The van der Waals surface area contributed by atoms with Crippen LogP contribution in [0.2, 0.25) is 5.02 Å². The van der Waals surface area contributed by atoms with Gasteiger partial charge in [-0.15, -0.1) is 0 Å². The van der Waals surface area contributed by atoms with E-state index in [1.165, 1.54) is 7.11 Å². The lowest BCUT2D eigenvalue weighted by molar-refractivity contribution is 0.0600. The Morgan fingerprint density at radius 1 is 1.64 bits per heavy atom. The van der Waals surface area contributed by atoms with Gasteiger partial charge in [0.25, 0.3) is 0 Å². The molecule has 0 radical (unpaired) electrons. The zero-order valence-corrected chi connectivity index (χ0v) is 9.87. The predicted octanol–water partition coefficient (Wildman–Crippen LogP) is 3.34. The van der Waals surface area contributed by atoms with E-state index in [1.807, 2.05) is 0 Å². The van der Waals surface area contributed by atoms with Crippen LogP contribution in [0.1, 0.15) is 15.9 Å². The van der Waals surface area contributed by atoms with Gasteiger partial charge in [-0.05, 0) is 28.9 Å². The monoisotopic (exact) mass is 280 g/mol. The Balaban J connectivity index is 3.40. The molecule has 0 saturated carbocycles. The Morgan fingerprint density at radius 3 is 2.71 bits per heavy atom. The lowest BCUT2D eigenvalue weighted by atomic mass is 10.1. The molecule has 0 bridgehead atoms. The summed E-state index contributed by atoms with van der Waals surface area (Å²) in [6.07, 6.45) is 0. The Morgan fingerprint density at radius 2 is 2.21 bits per heavy atom. The predicted molar refractivity (Wildman–Crippen MR) is 55.2 cm³/mol. The fourth-order valence-electron chi connectivity index (χ4n) is 0.945. The largest absolute Gasteiger partial charge is 0.465 e. The van der Waals surface area contributed by atoms with Gasteiger partial charge in [-0.3, -0.25) is 0 Å². The topological polar surface area (TPSA) is 26.3 Å². The first-order valence-corrected chi connectivity index (χ1v) is 4.88. The van der Waals surface area contributed by atoms with Crippen LogP contribution in [0, 0.1) is 12.7 Å². The summed E-state index contributed by atoms with van der Waals surface area (Å²) in [7, 11) is 1.21. The molecule has 0 aliphatic rings. The van der Waals surface area contributed by atoms with Gasteiger partial charge < -0.3 is 4.74 Å². The van der Waals surface area contributed by atoms with Gasteiger partial charge in [-0.1, -0.05) is 11.6 Å². The van der Waals surface area contributed by atoms with Crippen LogP contribution in [-0.2, 0) is 4.74 Å². The number of carbonyl (C=O) groups is 1. The van der Waals surface area contributed by atoms with Crippen molar-refractivity contribution in [2.24, 2.45) is 0 Å². The molecule has 5 heteroatoms. The Kier molecular flexibility index (Phi) is 3.50. The van der Waals surface area contributed by atoms with Crippen molar-refractivity contribution >= 4 is 33.5 Å². The number of carbonyl (C=O) groups excluding carboxylic acids is 1. The van der Waals surface area contributed by atoms with Crippen molar-refractivity contribution in [1.82, 2.24) is 0 Å². The first-order valence-electron chi connectivity index (χ1n) is 3.71. The zero-order valence-electron chi connectivity index (χ0n) is 7.53. The molecule has 1 rings (SSSR count). The molecule has 76 valence electrons. The summed E-state index contributed by atoms with van der Waals surface area (Å²) >= 11 is 8.93. The van der Waals surface area contributed by atoms with Gasteiger partial charge in [-0.25, -0.2) is 9.18 Å². The number of hydrogen-bond donors (Lipinski definition) is 0. The van der Waals surface area contributed by atoms with Crippen LogP contribution in [-0.4, -0.2) is 13.1 Å². The summed E-state index contributed by atoms with van der Waals surface area (Å²) in [5.41, 5.74) is 0.381. The van der Waals surface area contributed by atoms with E-state index in [0.717, 1.165) is 6.07 Å². The molecule has 0 atom stereocenters. The van der Waals surface area contributed by atoms with Crippen LogP contribution < -0.4 is 0 Å². The van der Waals surface area contributed by atoms with Crippen LogP contribution in [0.5, 0.6) is 0 Å². The first-order chi connectivity index (χ1) is 6.49. The maximum absolute atomic E-state index is 13.2. The number of benzene rings is 1. The molecule has 0 fully saturated rings. The van der Waals surface area contributed by atoms with Crippen molar-refractivity contribution in [2.45, 2.75) is 6.92 Å². The van der Waals surface area contributed by atoms with Gasteiger partial charge in [0.2, 0.25) is 0 Å². The van der Waals surface area contributed by atoms with E-state index in [1.54, 1.807) is 6.92 Å². The lowest BCUT2D eigenvalue weighted by Crippen LogP contribution is -2.04. The second kappa shape index (κ2) is 4.28. The van der Waals surface area contributed by atoms with Crippen molar-refractivity contribution in [3.05, 3.63) is 32.5 Å². The van der Waals surface area contributed by atoms with Gasteiger partial charge in [-0.2, -0.15) is 0 Å². The molecular weight excluding hydrogens is 274 g/mol. The minimum atomic E-state index is -0.658. The molecular formula is C9H7BrClFO2. The van der Waals surface area contributed by atoms with Gasteiger partial charge >= 0.3 is 5.97 Å². The van der Waals surface area contributed by atoms with Gasteiger partial charge in [0.15, 0.2) is 0 Å². The number of hydrogen-bond acceptors (Lipinski definition) is 2. The van der Waals surface area contributed by atoms with E-state index in [9.17, 15) is 9.18 Å². The summed E-state index contributed by atoms with van der Waals surface area (Å²) in [6.45, 7) is 1.56. The average Bonchev–Trinajstić information content (AvgIpc) is 2.19. The number of halogens is 3. The molecule has 0 saturated heterocycles. The SMILES string of the molecule is COC(=O)c1cc(F)c(C)c(Br)c1Cl. The summed E-state index contributed by atoms with van der Waals surface area (Å²) in [5, 5.41) is 0.163. The summed E-state index contributed by atoms with van der Waals surface area (Å²) < 4.78 is 18.1. The van der Waals surface area contributed by atoms with Crippen molar-refractivity contribution in [3.8, 4) is 0 Å². The lowest BCUT2D eigenvalue weighted by Gasteiger charge is -2.07. The smallest absolute Gasteiger partial charge is 0.339 e. The highest BCUT2D eigenvalue weighted by atomic mass is 79.9. The van der Waals surface area contributed by atoms with Gasteiger partial charge in [0.05, 0.1) is 17.7 Å². The van der Waals surface area contributed by atoms with Crippen LogP contribution in [0.3, 0.4) is 0 Å². The highest BCUT2D eigenvalue weighted by Crippen LogP contribution is 2.31. The standard InChI is InChI=1S/C9H7BrClFO2/c1-4-6(12)3-5(9(13)14-2)8(11)7(4)10/h3H,1-2H3. The fourth-order valence-corrected chi connectivity index (χ4v) is 1.62. The molecule has 1 aromatic carbocycles. The summed E-state index contributed by atoms with van der Waals surface area (Å²) in [5.74, 6) is -1.16. The third kappa shape index (κ3) is 1.91. The maximum Gasteiger partial charge on any atom is 0.339 e. The maximum atomic E-state index is 13.2. The Labute approximate surface area is 94.1 Å². The highest BCUT2D eigenvalue weighted by Gasteiger charge is 2.17. The molecule has 0 spiro atoms. The molecule has 0 heterocycles. The Hall–Kier alpha value is -0.610. The molecule has 1 aromatic rings. The van der Waals surface area contributed by atoms with E-state index in [-0.39, 0.29) is 10.6 Å². The third-order valence-electron chi connectivity index (χ3n) is 1.79. The van der Waals surface area contributed by atoms with E-state index in [0.29, 0.717) is 10.0 Å². The van der Waals surface area contributed by atoms with E-state index in [4.69, 9.17) is 11.6 Å². The van der Waals surface area contributed by atoms with Crippen molar-refractivity contribution in [3.63, 3.8) is 0 Å². The molecule has 0 unspecified atom stereocenters. The number of rotatable bonds is 1. The van der Waals surface area contributed by atoms with Crippen LogP contribution >= 0.6 is 27.5 Å². The second-order valence-corrected chi connectivity index (χ2v) is 3.82. The van der Waals surface area contributed by atoms with E-state index < -0.39 is 11.8 Å².